The third-order valence-corrected chi connectivity index (χ3v) is 5.42. The highest BCUT2D eigenvalue weighted by atomic mass is 16.3. The molecule has 0 spiro atoms. The molecule has 0 aromatic carbocycles. The summed E-state index contributed by atoms with van der Waals surface area (Å²) >= 11 is 0. The zero-order valence-electron chi connectivity index (χ0n) is 13.3. The first-order valence-corrected chi connectivity index (χ1v) is 8.57. The van der Waals surface area contributed by atoms with E-state index in [0.29, 0.717) is 6.54 Å². The van der Waals surface area contributed by atoms with Crippen LogP contribution in [0.3, 0.4) is 0 Å². The lowest BCUT2D eigenvalue weighted by molar-refractivity contribution is -0.0378. The summed E-state index contributed by atoms with van der Waals surface area (Å²) in [4.78, 5) is 6.82. The van der Waals surface area contributed by atoms with Crippen molar-refractivity contribution >= 4 is 0 Å². The van der Waals surface area contributed by atoms with Crippen LogP contribution >= 0.6 is 0 Å². The Kier molecular flexibility index (Phi) is 4.65. The molecular formula is C17H29N3O. The summed E-state index contributed by atoms with van der Waals surface area (Å²) in [6, 6.07) is 0. The molecule has 1 aliphatic carbocycles. The van der Waals surface area contributed by atoms with E-state index in [-0.39, 0.29) is 0 Å². The van der Waals surface area contributed by atoms with Gasteiger partial charge in [-0.05, 0) is 38.5 Å². The van der Waals surface area contributed by atoms with E-state index >= 15 is 0 Å². The summed E-state index contributed by atoms with van der Waals surface area (Å²) < 4.78 is 2.08. The maximum atomic E-state index is 10.8. The second-order valence-electron chi connectivity index (χ2n) is 7.13. The number of nitrogens with zero attached hydrogens (tertiary/aromatic N) is 3. The van der Waals surface area contributed by atoms with Crippen LogP contribution in [-0.4, -0.2) is 44.8 Å². The molecule has 1 saturated carbocycles. The first-order valence-electron chi connectivity index (χ1n) is 8.57. The first-order chi connectivity index (χ1) is 10.1. The zero-order valence-corrected chi connectivity index (χ0v) is 13.3. The monoisotopic (exact) mass is 291 g/mol. The molecule has 0 bridgehead atoms. The number of hydrogen-bond acceptors (Lipinski definition) is 3. The summed E-state index contributed by atoms with van der Waals surface area (Å²) in [5.74, 6) is 1.90. The van der Waals surface area contributed by atoms with Crippen LogP contribution in [-0.2, 0) is 6.54 Å². The van der Waals surface area contributed by atoms with Crippen LogP contribution in [0.5, 0.6) is 0 Å². The maximum absolute atomic E-state index is 10.8. The number of piperidine rings is 1. The molecule has 1 saturated heterocycles. The van der Waals surface area contributed by atoms with Gasteiger partial charge in [-0.25, -0.2) is 4.98 Å². The molecule has 118 valence electrons. The molecule has 0 unspecified atom stereocenters. The predicted octanol–water partition coefficient (Wildman–Crippen LogP) is 2.60. The summed E-state index contributed by atoms with van der Waals surface area (Å²) in [6.07, 6.45) is 12.7. The summed E-state index contributed by atoms with van der Waals surface area (Å²) in [7, 11) is 0. The average Bonchev–Trinajstić information content (AvgIpc) is 2.88. The molecule has 0 radical (unpaired) electrons. The number of aliphatic hydroxyl groups is 1. The third-order valence-electron chi connectivity index (χ3n) is 5.42. The van der Waals surface area contributed by atoms with Crippen molar-refractivity contribution in [1.82, 2.24) is 14.5 Å². The highest BCUT2D eigenvalue weighted by Gasteiger charge is 2.33. The fourth-order valence-corrected chi connectivity index (χ4v) is 3.93. The van der Waals surface area contributed by atoms with Gasteiger partial charge in [0.1, 0.15) is 5.82 Å². The fraction of sp³-hybridized carbons (Fsp3) is 0.824. The van der Waals surface area contributed by atoms with Crippen molar-refractivity contribution in [3.63, 3.8) is 0 Å². The molecule has 0 atom stereocenters. The van der Waals surface area contributed by atoms with Gasteiger partial charge in [0.2, 0.25) is 0 Å². The van der Waals surface area contributed by atoms with Crippen LogP contribution in [0.2, 0.25) is 0 Å². The number of rotatable bonds is 4. The fourth-order valence-electron chi connectivity index (χ4n) is 3.93. The predicted molar refractivity (Wildman–Crippen MR) is 84.2 cm³/mol. The van der Waals surface area contributed by atoms with Crippen LogP contribution in [0.15, 0.2) is 12.4 Å². The highest BCUT2D eigenvalue weighted by Crippen LogP contribution is 2.28. The average molecular weight is 291 g/mol. The third kappa shape index (κ3) is 3.86. The number of hydrogen-bond donors (Lipinski definition) is 1. The maximum Gasteiger partial charge on any atom is 0.105 e. The zero-order chi connectivity index (χ0) is 14.7. The molecule has 1 N–H and O–H groups in total. The van der Waals surface area contributed by atoms with Gasteiger partial charge in [-0.3, -0.25) is 0 Å². The molecule has 21 heavy (non-hydrogen) atoms. The number of aromatic nitrogens is 2. The normalized spacial score (nSPS) is 24.3. The van der Waals surface area contributed by atoms with Crippen molar-refractivity contribution < 1.29 is 5.11 Å². The molecule has 4 nitrogen and oxygen atoms in total. The van der Waals surface area contributed by atoms with Gasteiger partial charge in [-0.15, -0.1) is 0 Å². The smallest absolute Gasteiger partial charge is 0.105 e. The van der Waals surface area contributed by atoms with Crippen molar-refractivity contribution in [3.05, 3.63) is 18.2 Å². The first kappa shape index (κ1) is 15.0. The van der Waals surface area contributed by atoms with Crippen molar-refractivity contribution in [2.75, 3.05) is 19.6 Å². The Morgan fingerprint density at radius 1 is 1.24 bits per heavy atom. The van der Waals surface area contributed by atoms with E-state index in [1.165, 1.54) is 38.6 Å². The Morgan fingerprint density at radius 3 is 2.57 bits per heavy atom. The van der Waals surface area contributed by atoms with E-state index in [1.54, 1.807) is 0 Å². The van der Waals surface area contributed by atoms with Crippen LogP contribution in [0, 0.1) is 12.8 Å². The Morgan fingerprint density at radius 2 is 1.95 bits per heavy atom. The summed E-state index contributed by atoms with van der Waals surface area (Å²) in [6.45, 7) is 6.03. The van der Waals surface area contributed by atoms with Gasteiger partial charge in [0.15, 0.2) is 0 Å². The van der Waals surface area contributed by atoms with E-state index in [1.807, 2.05) is 19.3 Å². The Balaban J connectivity index is 1.48. The van der Waals surface area contributed by atoms with Gasteiger partial charge >= 0.3 is 0 Å². The Bertz CT molecular complexity index is 443. The molecule has 1 aromatic heterocycles. The molecule has 3 rings (SSSR count). The van der Waals surface area contributed by atoms with Gasteiger partial charge < -0.3 is 14.6 Å². The molecule has 1 aromatic rings. The summed E-state index contributed by atoms with van der Waals surface area (Å²) in [5.41, 5.74) is -0.547. The van der Waals surface area contributed by atoms with Gasteiger partial charge in [-0.2, -0.15) is 0 Å². The molecule has 1 aliphatic heterocycles. The minimum absolute atomic E-state index is 0.547. The highest BCUT2D eigenvalue weighted by molar-refractivity contribution is 4.94. The number of aryl methyl sites for hydroxylation is 1. The van der Waals surface area contributed by atoms with Gasteiger partial charge in [0.25, 0.3) is 0 Å². The number of imidazole rings is 1. The van der Waals surface area contributed by atoms with E-state index in [2.05, 4.69) is 14.5 Å². The van der Waals surface area contributed by atoms with Crippen molar-refractivity contribution in [3.8, 4) is 0 Å². The quantitative estimate of drug-likeness (QED) is 0.927. The Hall–Kier alpha value is -0.870. The molecule has 2 aliphatic rings. The van der Waals surface area contributed by atoms with E-state index < -0.39 is 5.60 Å². The number of likely N-dealkylation sites (tertiary alicyclic amines) is 1. The van der Waals surface area contributed by atoms with E-state index in [0.717, 1.165) is 37.7 Å². The second-order valence-corrected chi connectivity index (χ2v) is 7.13. The topological polar surface area (TPSA) is 41.3 Å². The van der Waals surface area contributed by atoms with Crippen LogP contribution in [0.4, 0.5) is 0 Å². The molecule has 2 fully saturated rings. The minimum Gasteiger partial charge on any atom is -0.388 e. The molecular weight excluding hydrogens is 262 g/mol. The van der Waals surface area contributed by atoms with E-state index in [9.17, 15) is 5.11 Å². The largest absolute Gasteiger partial charge is 0.388 e. The van der Waals surface area contributed by atoms with Crippen LogP contribution < -0.4 is 0 Å². The van der Waals surface area contributed by atoms with E-state index in [4.69, 9.17) is 0 Å². The van der Waals surface area contributed by atoms with Crippen molar-refractivity contribution in [1.29, 1.82) is 0 Å². The van der Waals surface area contributed by atoms with Crippen LogP contribution in [0.1, 0.15) is 50.8 Å². The lowest BCUT2D eigenvalue weighted by atomic mass is 9.87. The standard InChI is InChI=1S/C17H29N3O/c1-15-18-9-12-20(15)14-17(21)7-10-19(11-8-17)13-16-5-3-2-4-6-16/h9,12,16,21H,2-8,10-11,13-14H2,1H3. The summed E-state index contributed by atoms with van der Waals surface area (Å²) in [5, 5.41) is 10.8. The molecule has 0 amide bonds. The molecule has 4 heteroatoms. The van der Waals surface area contributed by atoms with Crippen molar-refractivity contribution in [2.24, 2.45) is 5.92 Å². The van der Waals surface area contributed by atoms with Gasteiger partial charge in [0.05, 0.1) is 12.1 Å². The Labute approximate surface area is 128 Å². The molecule has 2 heterocycles. The lowest BCUT2D eigenvalue weighted by Crippen LogP contribution is -2.48. The minimum atomic E-state index is -0.547. The van der Waals surface area contributed by atoms with Gasteiger partial charge in [0, 0.05) is 32.0 Å². The SMILES string of the molecule is Cc1nccn1CC1(O)CCN(CC2CCCCC2)CC1. The van der Waals surface area contributed by atoms with Crippen LogP contribution in [0.25, 0.3) is 0 Å². The lowest BCUT2D eigenvalue weighted by Gasteiger charge is -2.40. The van der Waals surface area contributed by atoms with Crippen molar-refractivity contribution in [2.45, 2.75) is 64.0 Å². The van der Waals surface area contributed by atoms with Gasteiger partial charge in [-0.1, -0.05) is 19.3 Å². The second kappa shape index (κ2) is 6.49.